The first kappa shape index (κ1) is 15.8. The lowest BCUT2D eigenvalue weighted by atomic mass is 9.89. The van der Waals surface area contributed by atoms with E-state index in [9.17, 15) is 8.42 Å². The molecule has 0 unspecified atom stereocenters. The fourth-order valence-corrected chi connectivity index (χ4v) is 3.31. The van der Waals surface area contributed by atoms with E-state index < -0.39 is 10.0 Å². The first-order chi connectivity index (χ1) is 9.18. The highest BCUT2D eigenvalue weighted by molar-refractivity contribution is 9.10. The van der Waals surface area contributed by atoms with E-state index in [4.69, 9.17) is 4.74 Å². The second-order valence-corrected chi connectivity index (χ2v) is 8.35. The molecule has 1 aromatic carbocycles. The Kier molecular flexibility index (Phi) is 4.47. The SMILES string of the molecule is Cc1cc(O[C@H]2C[C@@H](N(C)S(C)(=O)=O)C2)cc(C)c1Br. The van der Waals surface area contributed by atoms with Crippen LogP contribution >= 0.6 is 15.9 Å². The lowest BCUT2D eigenvalue weighted by molar-refractivity contribution is 0.0599. The van der Waals surface area contributed by atoms with Crippen molar-refractivity contribution >= 4 is 26.0 Å². The first-order valence-electron chi connectivity index (χ1n) is 6.55. The third-order valence-corrected chi connectivity index (χ3v) is 6.42. The van der Waals surface area contributed by atoms with Crippen molar-refractivity contribution < 1.29 is 13.2 Å². The average molecular weight is 362 g/mol. The van der Waals surface area contributed by atoms with Crippen molar-refractivity contribution in [3.63, 3.8) is 0 Å². The molecule has 20 heavy (non-hydrogen) atoms. The molecule has 0 saturated heterocycles. The standard InChI is InChI=1S/C14H20BrNO3S/c1-9-5-12(6-10(2)14(9)15)19-13-7-11(8-13)16(3)20(4,17)18/h5-6,11,13H,7-8H2,1-4H3/t11-,13+. The van der Waals surface area contributed by atoms with Crippen molar-refractivity contribution in [1.29, 1.82) is 0 Å². The summed E-state index contributed by atoms with van der Waals surface area (Å²) in [4.78, 5) is 0. The van der Waals surface area contributed by atoms with E-state index in [1.54, 1.807) is 7.05 Å². The Hall–Kier alpha value is -0.590. The first-order valence-corrected chi connectivity index (χ1v) is 9.19. The zero-order chi connectivity index (χ0) is 15.1. The van der Waals surface area contributed by atoms with Crippen LogP contribution in [0.1, 0.15) is 24.0 Å². The molecule has 0 aromatic heterocycles. The predicted molar refractivity (Wildman–Crippen MR) is 83.7 cm³/mol. The van der Waals surface area contributed by atoms with Crippen molar-refractivity contribution in [1.82, 2.24) is 4.31 Å². The molecule has 4 nitrogen and oxygen atoms in total. The van der Waals surface area contributed by atoms with Gasteiger partial charge in [0.2, 0.25) is 10.0 Å². The maximum Gasteiger partial charge on any atom is 0.211 e. The van der Waals surface area contributed by atoms with Crippen LogP contribution in [0.4, 0.5) is 0 Å². The number of hydrogen-bond donors (Lipinski definition) is 0. The van der Waals surface area contributed by atoms with Gasteiger partial charge in [0.25, 0.3) is 0 Å². The normalized spacial score (nSPS) is 22.7. The van der Waals surface area contributed by atoms with Gasteiger partial charge in [0.05, 0.1) is 6.26 Å². The van der Waals surface area contributed by atoms with Crippen LogP contribution in [0.15, 0.2) is 16.6 Å². The number of nitrogens with zero attached hydrogens (tertiary/aromatic N) is 1. The van der Waals surface area contributed by atoms with Gasteiger partial charge in [0.1, 0.15) is 11.9 Å². The largest absolute Gasteiger partial charge is 0.490 e. The molecule has 0 aliphatic heterocycles. The summed E-state index contributed by atoms with van der Waals surface area (Å²) in [6.45, 7) is 4.07. The third kappa shape index (κ3) is 3.35. The van der Waals surface area contributed by atoms with E-state index in [1.165, 1.54) is 10.6 Å². The lowest BCUT2D eigenvalue weighted by Crippen LogP contribution is -2.49. The zero-order valence-electron chi connectivity index (χ0n) is 12.2. The average Bonchev–Trinajstić information content (AvgIpc) is 2.28. The zero-order valence-corrected chi connectivity index (χ0v) is 14.6. The molecule has 0 N–H and O–H groups in total. The van der Waals surface area contributed by atoms with E-state index in [-0.39, 0.29) is 12.1 Å². The molecule has 0 amide bonds. The van der Waals surface area contributed by atoms with E-state index in [0.717, 1.165) is 34.2 Å². The number of rotatable bonds is 4. The summed E-state index contributed by atoms with van der Waals surface area (Å²) >= 11 is 3.53. The monoisotopic (exact) mass is 361 g/mol. The van der Waals surface area contributed by atoms with Gasteiger partial charge in [-0.25, -0.2) is 12.7 Å². The van der Waals surface area contributed by atoms with E-state index in [1.807, 2.05) is 26.0 Å². The van der Waals surface area contributed by atoms with Crippen molar-refractivity contribution in [2.24, 2.45) is 0 Å². The van der Waals surface area contributed by atoms with Crippen molar-refractivity contribution in [3.05, 3.63) is 27.7 Å². The van der Waals surface area contributed by atoms with Crippen LogP contribution in [-0.4, -0.2) is 38.2 Å². The molecule has 112 valence electrons. The summed E-state index contributed by atoms with van der Waals surface area (Å²) < 4.78 is 31.3. The number of halogens is 1. The molecule has 1 saturated carbocycles. The number of hydrogen-bond acceptors (Lipinski definition) is 3. The van der Waals surface area contributed by atoms with Gasteiger partial charge in [0, 0.05) is 30.4 Å². The van der Waals surface area contributed by atoms with Gasteiger partial charge in [0.15, 0.2) is 0 Å². The Balaban J connectivity index is 1.95. The highest BCUT2D eigenvalue weighted by Gasteiger charge is 2.37. The van der Waals surface area contributed by atoms with Gasteiger partial charge in [-0.1, -0.05) is 15.9 Å². The Labute approximate surface area is 129 Å². The number of ether oxygens (including phenoxy) is 1. The fourth-order valence-electron chi connectivity index (χ4n) is 2.37. The molecule has 1 fully saturated rings. The van der Waals surface area contributed by atoms with Gasteiger partial charge in [-0.3, -0.25) is 0 Å². The van der Waals surface area contributed by atoms with Crippen LogP contribution in [0.25, 0.3) is 0 Å². The maximum absolute atomic E-state index is 11.4. The van der Waals surface area contributed by atoms with E-state index >= 15 is 0 Å². The minimum absolute atomic E-state index is 0.0626. The number of benzene rings is 1. The lowest BCUT2D eigenvalue weighted by Gasteiger charge is -2.39. The molecule has 0 radical (unpaired) electrons. The predicted octanol–water partition coefficient (Wildman–Crippen LogP) is 2.87. The van der Waals surface area contributed by atoms with Gasteiger partial charge in [-0.05, 0) is 37.1 Å². The Morgan fingerprint density at radius 3 is 2.20 bits per heavy atom. The van der Waals surface area contributed by atoms with E-state index in [0.29, 0.717) is 0 Å². The molecule has 1 aliphatic carbocycles. The van der Waals surface area contributed by atoms with Crippen LogP contribution in [0.2, 0.25) is 0 Å². The van der Waals surface area contributed by atoms with Crippen LogP contribution in [0.3, 0.4) is 0 Å². The van der Waals surface area contributed by atoms with Crippen molar-refractivity contribution in [3.8, 4) is 5.75 Å². The van der Waals surface area contributed by atoms with E-state index in [2.05, 4.69) is 15.9 Å². The molecule has 0 atom stereocenters. The minimum atomic E-state index is -3.11. The third-order valence-electron chi connectivity index (χ3n) is 3.82. The van der Waals surface area contributed by atoms with Gasteiger partial charge >= 0.3 is 0 Å². The smallest absolute Gasteiger partial charge is 0.211 e. The highest BCUT2D eigenvalue weighted by Crippen LogP contribution is 2.32. The molecule has 2 rings (SSSR count). The van der Waals surface area contributed by atoms with Crippen LogP contribution in [0.5, 0.6) is 5.75 Å². The molecule has 1 aromatic rings. The molecular weight excluding hydrogens is 342 g/mol. The number of sulfonamides is 1. The molecule has 1 aliphatic rings. The number of aryl methyl sites for hydroxylation is 2. The van der Waals surface area contributed by atoms with Crippen LogP contribution < -0.4 is 4.74 Å². The highest BCUT2D eigenvalue weighted by atomic mass is 79.9. The Morgan fingerprint density at radius 1 is 1.25 bits per heavy atom. The van der Waals surface area contributed by atoms with Gasteiger partial charge in [-0.15, -0.1) is 0 Å². The van der Waals surface area contributed by atoms with Crippen molar-refractivity contribution in [2.75, 3.05) is 13.3 Å². The maximum atomic E-state index is 11.4. The second kappa shape index (κ2) is 5.66. The molecule has 6 heteroatoms. The topological polar surface area (TPSA) is 46.6 Å². The summed E-state index contributed by atoms with van der Waals surface area (Å²) in [6.07, 6.45) is 2.84. The minimum Gasteiger partial charge on any atom is -0.490 e. The molecular formula is C14H20BrNO3S. The summed E-state index contributed by atoms with van der Waals surface area (Å²) in [7, 11) is -1.48. The van der Waals surface area contributed by atoms with Crippen LogP contribution in [-0.2, 0) is 10.0 Å². The summed E-state index contributed by atoms with van der Waals surface area (Å²) in [5.74, 6) is 0.855. The molecule has 0 spiro atoms. The molecule has 0 bridgehead atoms. The van der Waals surface area contributed by atoms with Gasteiger partial charge < -0.3 is 4.74 Å². The van der Waals surface area contributed by atoms with Crippen molar-refractivity contribution in [2.45, 2.75) is 38.8 Å². The summed E-state index contributed by atoms with van der Waals surface area (Å²) in [5, 5.41) is 0. The molecule has 0 heterocycles. The Morgan fingerprint density at radius 2 is 1.75 bits per heavy atom. The quantitative estimate of drug-likeness (QED) is 0.828. The van der Waals surface area contributed by atoms with Crippen LogP contribution in [0, 0.1) is 13.8 Å². The summed E-state index contributed by atoms with van der Waals surface area (Å²) in [6, 6.07) is 4.07. The second-order valence-electron chi connectivity index (χ2n) is 5.52. The fraction of sp³-hybridized carbons (Fsp3) is 0.571. The summed E-state index contributed by atoms with van der Waals surface area (Å²) in [5.41, 5.74) is 2.29. The van der Waals surface area contributed by atoms with Gasteiger partial charge in [-0.2, -0.15) is 0 Å². The Bertz CT molecular complexity index is 586.